The molecule has 0 unspecified atom stereocenters. The molecule has 0 aliphatic carbocycles. The molecule has 0 saturated heterocycles. The molecule has 0 amide bonds. The van der Waals surface area contributed by atoms with Crippen LogP contribution in [0.5, 0.6) is 0 Å². The molecule has 0 heterocycles. The summed E-state index contributed by atoms with van der Waals surface area (Å²) in [5, 5.41) is 20.6. The van der Waals surface area contributed by atoms with Crippen LogP contribution in [0.4, 0.5) is 12.3 Å². The van der Waals surface area contributed by atoms with E-state index in [2.05, 4.69) is 0 Å². The van der Waals surface area contributed by atoms with Crippen molar-refractivity contribution in [1.29, 1.82) is 0 Å². The fourth-order valence-electron chi connectivity index (χ4n) is 0.563. The van der Waals surface area contributed by atoms with E-state index in [0.717, 1.165) is 33.5 Å². The van der Waals surface area contributed by atoms with Gasteiger partial charge in [0.25, 0.3) is 0 Å². The van der Waals surface area contributed by atoms with Crippen molar-refractivity contribution in [2.75, 3.05) is 21.3 Å². The molecule has 1 rings (SSSR count). The molecule has 0 atom stereocenters. The molecular weight excluding hydrogens is 408 g/mol. The van der Waals surface area contributed by atoms with Crippen molar-refractivity contribution in [2.45, 2.75) is 0 Å². The fourth-order valence-corrected chi connectivity index (χ4v) is 1.13. The number of hydrogen-bond acceptors (Lipinski definition) is 3. The van der Waals surface area contributed by atoms with Crippen molar-refractivity contribution in [2.24, 2.45) is 0 Å². The maximum absolute atomic E-state index is 11.8. The summed E-state index contributed by atoms with van der Waals surface area (Å²) in [7, 11) is -2.48. The third kappa shape index (κ3) is 14.1. The minimum Gasteiger partial charge on any atom is -0.400 e. The second-order valence-electron chi connectivity index (χ2n) is 1.67. The fraction of sp³-hybridized carbons (Fsp3) is 0.375. The van der Waals surface area contributed by atoms with Crippen LogP contribution in [0.2, 0.25) is 0 Å². The van der Waals surface area contributed by atoms with E-state index in [4.69, 9.17) is 15.3 Å². The molecule has 0 bridgehead atoms. The second-order valence-corrected chi connectivity index (χ2v) is 3.24. The Hall–Kier alpha value is 0.107. The first-order chi connectivity index (χ1) is 7.11. The van der Waals surface area contributed by atoms with Gasteiger partial charge in [-0.15, -0.1) is 0 Å². The molecule has 1 aromatic carbocycles. The van der Waals surface area contributed by atoms with Crippen molar-refractivity contribution in [3.8, 4) is 0 Å². The molecule has 0 aliphatic heterocycles. The summed E-state index contributed by atoms with van der Waals surface area (Å²) in [5.41, 5.74) is 0. The first-order valence-corrected chi connectivity index (χ1v) is 5.37. The number of rotatable bonds is 1. The number of halogens is 3. The Kier molecular flexibility index (Phi) is 27.4. The van der Waals surface area contributed by atoms with Crippen LogP contribution in [0.15, 0.2) is 24.3 Å². The Balaban J connectivity index is -0.0000000900. The van der Waals surface area contributed by atoms with Gasteiger partial charge < -0.3 is 15.3 Å². The molecule has 0 aromatic heterocycles. The molecule has 96 valence electrons. The summed E-state index contributed by atoms with van der Waals surface area (Å²) in [4.78, 5) is 0. The van der Waals surface area contributed by atoms with Crippen LogP contribution in [0.1, 0.15) is 0 Å². The zero-order chi connectivity index (χ0) is 12.9. The standard InChI is InChI=1S/C5H4F3Si.3CH4O.Hf/c6-9(7,8)5-3-1-2-4-5;3*1-2;/h1-4H;3*2H,1H3;/q-1;;;;. The average Bonchev–Trinajstić information content (AvgIpc) is 2.79. The third-order valence-electron chi connectivity index (χ3n) is 0.990. The van der Waals surface area contributed by atoms with E-state index in [1.54, 1.807) is 0 Å². The van der Waals surface area contributed by atoms with Gasteiger partial charge in [0.15, 0.2) is 0 Å². The van der Waals surface area contributed by atoms with Crippen LogP contribution < -0.4 is 5.19 Å². The summed E-state index contributed by atoms with van der Waals surface area (Å²) >= 11 is 0. The summed E-state index contributed by atoms with van der Waals surface area (Å²) in [5.74, 6) is 0. The minimum atomic E-state index is -5.48. The molecule has 8 heteroatoms. The summed E-state index contributed by atoms with van der Waals surface area (Å²) < 4.78 is 35.3. The number of aliphatic hydroxyl groups excluding tert-OH is 3. The van der Waals surface area contributed by atoms with E-state index < -0.39 is 14.3 Å². The van der Waals surface area contributed by atoms with Crippen molar-refractivity contribution < 1.29 is 53.5 Å². The van der Waals surface area contributed by atoms with Gasteiger partial charge in [0.1, 0.15) is 0 Å². The zero-order valence-electron chi connectivity index (χ0n) is 9.28. The topological polar surface area (TPSA) is 60.7 Å². The van der Waals surface area contributed by atoms with Crippen LogP contribution in [0.3, 0.4) is 0 Å². The van der Waals surface area contributed by atoms with E-state index in [9.17, 15) is 12.3 Å². The number of aliphatic hydroxyl groups is 3. The van der Waals surface area contributed by atoms with Gasteiger partial charge in [0, 0.05) is 47.2 Å². The Morgan fingerprint density at radius 2 is 1.06 bits per heavy atom. The van der Waals surface area contributed by atoms with Gasteiger partial charge in [-0.2, -0.15) is 12.1 Å². The van der Waals surface area contributed by atoms with Crippen LogP contribution in [0.25, 0.3) is 0 Å². The van der Waals surface area contributed by atoms with Crippen molar-refractivity contribution in [3.05, 3.63) is 24.3 Å². The number of hydrogen-bond donors (Lipinski definition) is 3. The first kappa shape index (κ1) is 25.1. The van der Waals surface area contributed by atoms with Gasteiger partial charge in [-0.1, -0.05) is 5.19 Å². The molecule has 0 aliphatic rings. The van der Waals surface area contributed by atoms with E-state index in [1.807, 2.05) is 0 Å². The molecule has 0 saturated carbocycles. The van der Waals surface area contributed by atoms with Crippen molar-refractivity contribution >= 4 is 14.3 Å². The third-order valence-corrected chi connectivity index (χ3v) is 1.98. The molecular formula is C8H16F3HfO3Si-. The molecule has 1 aromatic rings. The van der Waals surface area contributed by atoms with Crippen LogP contribution >= 0.6 is 0 Å². The van der Waals surface area contributed by atoms with Gasteiger partial charge in [-0.3, -0.25) is 0 Å². The molecule has 0 fully saturated rings. The Bertz CT molecular complexity index is 193. The van der Waals surface area contributed by atoms with Crippen molar-refractivity contribution in [3.63, 3.8) is 0 Å². The van der Waals surface area contributed by atoms with Gasteiger partial charge in [-0.25, -0.2) is 24.5 Å². The smallest absolute Gasteiger partial charge is 0.400 e. The molecule has 3 N–H and O–H groups in total. The molecule has 16 heavy (non-hydrogen) atoms. The summed E-state index contributed by atoms with van der Waals surface area (Å²) in [6, 6.07) is 5.00. The maximum atomic E-state index is 11.8. The maximum Gasteiger partial charge on any atom is 0.584 e. The monoisotopic (exact) mass is 425 g/mol. The Morgan fingerprint density at radius 3 is 1.19 bits per heavy atom. The van der Waals surface area contributed by atoms with Crippen LogP contribution in [-0.4, -0.2) is 45.7 Å². The van der Waals surface area contributed by atoms with Gasteiger partial charge >= 0.3 is 9.08 Å². The van der Waals surface area contributed by atoms with Crippen LogP contribution in [0, 0.1) is 0 Å². The largest absolute Gasteiger partial charge is 0.584 e. The van der Waals surface area contributed by atoms with Gasteiger partial charge in [-0.05, 0) is 0 Å². The molecule has 0 spiro atoms. The SMILES string of the molecule is CO.CO.CO.F[Si](F)(F)[c-]1cccc1.[Hf]. The normalized spacial score (nSPS) is 7.81. The summed E-state index contributed by atoms with van der Waals surface area (Å²) in [6.45, 7) is 0. The average molecular weight is 424 g/mol. The van der Waals surface area contributed by atoms with E-state index in [-0.39, 0.29) is 25.8 Å². The quantitative estimate of drug-likeness (QED) is 0.345. The van der Waals surface area contributed by atoms with E-state index in [1.165, 1.54) is 12.1 Å². The van der Waals surface area contributed by atoms with E-state index >= 15 is 0 Å². The van der Waals surface area contributed by atoms with Gasteiger partial charge in [0.2, 0.25) is 0 Å². The van der Waals surface area contributed by atoms with Gasteiger partial charge in [0.05, 0.1) is 0 Å². The predicted molar refractivity (Wildman–Crippen MR) is 55.2 cm³/mol. The van der Waals surface area contributed by atoms with Crippen LogP contribution in [-0.2, 0) is 25.8 Å². The minimum absolute atomic E-state index is 0. The second kappa shape index (κ2) is 17.5. The van der Waals surface area contributed by atoms with Crippen molar-refractivity contribution in [1.82, 2.24) is 0 Å². The van der Waals surface area contributed by atoms with E-state index in [0.29, 0.717) is 0 Å². The molecule has 0 radical (unpaired) electrons. The predicted octanol–water partition coefficient (Wildman–Crippen LogP) is 0.283. The molecule has 3 nitrogen and oxygen atoms in total. The zero-order valence-corrected chi connectivity index (χ0v) is 13.9. The Morgan fingerprint density at radius 1 is 0.812 bits per heavy atom. The first-order valence-electron chi connectivity index (χ1n) is 3.74. The summed E-state index contributed by atoms with van der Waals surface area (Å²) in [6.07, 6.45) is 0. The Labute approximate surface area is 113 Å².